The molecule has 0 saturated carbocycles. The van der Waals surface area contributed by atoms with Crippen molar-refractivity contribution in [3.8, 4) is 17.2 Å². The SMILES string of the molecule is CO[C@H]1/C=C/O[C@@]2(C)Oc3c(C)c(O)c4c(O)c(c5c(c4c3C2=O)NC(C)(C)CN=5)=NC(=O)/C(C)=C\C=C\[C@H](C)[C@H](O)[C@@H](C)[C@@H](O)[C@@H](C)[C@H](OC(C)=O)C1C. The molecule has 14 heteroatoms. The number of allylic oxidation sites excluding steroid dienone is 2. The van der Waals surface area contributed by atoms with E-state index in [9.17, 15) is 34.8 Å². The van der Waals surface area contributed by atoms with Gasteiger partial charge in [-0.15, -0.1) is 0 Å². The van der Waals surface area contributed by atoms with Crippen molar-refractivity contribution in [2.24, 2.45) is 33.7 Å². The molecular weight excluding hydrogens is 710 g/mol. The van der Waals surface area contributed by atoms with Crippen molar-refractivity contribution >= 4 is 34.1 Å². The molecule has 5 rings (SSSR count). The maximum atomic E-state index is 14.5. The molecule has 0 aromatic heterocycles. The van der Waals surface area contributed by atoms with Crippen LogP contribution in [0.4, 0.5) is 5.69 Å². The standard InChI is InChI=1S/C41H53N3O11/c1-18-13-12-14-19(2)39(51)43-31-30-29(44-40(8,9)17-42-30)26-27(35(31)49)34(48)23(6)37-28(26)38(50)41(10,55-37)53-16-15-25(52-11)20(3)36(54-24(7)45)22(5)33(47)21(4)32(18)46/h12-16,18,20-22,25,32-33,36,44,46-49H,17H2,1-11H3/b13-12+,16-15+,19-14-,43-31?/t18-,20?,21+,22+,25-,32-,33+,36+,41-/m0/s1. The molecule has 1 unspecified atom stereocenters. The lowest BCUT2D eigenvalue weighted by atomic mass is 9.78. The van der Waals surface area contributed by atoms with Gasteiger partial charge in [-0.3, -0.25) is 19.4 Å². The third kappa shape index (κ3) is 7.59. The molecule has 0 spiro atoms. The number of benzene rings is 2. The summed E-state index contributed by atoms with van der Waals surface area (Å²) in [5, 5.41) is 49.5. The number of aromatic hydroxyl groups is 2. The van der Waals surface area contributed by atoms with Crippen LogP contribution in [0, 0.1) is 30.6 Å². The van der Waals surface area contributed by atoms with Gasteiger partial charge in [-0.2, -0.15) is 0 Å². The molecule has 3 aliphatic rings. The number of hydrogen-bond donors (Lipinski definition) is 5. The maximum Gasteiger partial charge on any atom is 0.312 e. The normalized spacial score (nSPS) is 33.2. The van der Waals surface area contributed by atoms with Crippen molar-refractivity contribution < 1.29 is 53.8 Å². The number of aliphatic hydroxyl groups is 2. The third-order valence-corrected chi connectivity index (χ3v) is 11.0. The lowest BCUT2D eigenvalue weighted by Gasteiger charge is -2.38. The van der Waals surface area contributed by atoms with Crippen LogP contribution in [0.5, 0.6) is 17.2 Å². The molecule has 14 nitrogen and oxygen atoms in total. The molecule has 0 fully saturated rings. The monoisotopic (exact) mass is 763 g/mol. The summed E-state index contributed by atoms with van der Waals surface area (Å²) in [6.45, 7) is 16.8. The van der Waals surface area contributed by atoms with Gasteiger partial charge in [-0.05, 0) is 33.8 Å². The highest BCUT2D eigenvalue weighted by molar-refractivity contribution is 6.21. The summed E-state index contributed by atoms with van der Waals surface area (Å²) in [4.78, 5) is 49.3. The summed E-state index contributed by atoms with van der Waals surface area (Å²) < 4.78 is 23.7. The highest BCUT2D eigenvalue weighted by atomic mass is 16.7. The van der Waals surface area contributed by atoms with E-state index in [-0.39, 0.29) is 61.9 Å². The molecule has 3 heterocycles. The molecule has 3 aliphatic heterocycles. The van der Waals surface area contributed by atoms with E-state index in [0.717, 1.165) is 0 Å². The Morgan fingerprint density at radius 3 is 2.25 bits per heavy atom. The number of esters is 1. The van der Waals surface area contributed by atoms with E-state index in [1.165, 1.54) is 46.3 Å². The van der Waals surface area contributed by atoms with E-state index >= 15 is 0 Å². The third-order valence-electron chi connectivity index (χ3n) is 11.0. The van der Waals surface area contributed by atoms with Crippen molar-refractivity contribution in [2.75, 3.05) is 19.0 Å². The van der Waals surface area contributed by atoms with E-state index in [2.05, 4.69) is 10.3 Å². The molecule has 5 N–H and O–H groups in total. The van der Waals surface area contributed by atoms with Crippen molar-refractivity contribution in [1.82, 2.24) is 0 Å². The maximum absolute atomic E-state index is 14.5. The van der Waals surface area contributed by atoms with Crippen LogP contribution in [0.1, 0.15) is 78.2 Å². The van der Waals surface area contributed by atoms with Gasteiger partial charge in [-0.25, -0.2) is 4.99 Å². The number of carbonyl (C=O) groups excluding carboxylic acids is 3. The molecule has 55 heavy (non-hydrogen) atoms. The van der Waals surface area contributed by atoms with Crippen LogP contribution in [0.2, 0.25) is 0 Å². The Bertz CT molecular complexity index is 2120. The summed E-state index contributed by atoms with van der Waals surface area (Å²) in [7, 11) is 1.46. The van der Waals surface area contributed by atoms with Crippen LogP contribution in [0.15, 0.2) is 46.1 Å². The number of nitrogens with one attached hydrogen (secondary N) is 1. The van der Waals surface area contributed by atoms with Crippen molar-refractivity contribution in [3.63, 3.8) is 0 Å². The second-order valence-electron chi connectivity index (χ2n) is 15.8. The highest BCUT2D eigenvalue weighted by Crippen LogP contribution is 2.50. The fraction of sp³-hybridized carbons (Fsp3) is 0.537. The van der Waals surface area contributed by atoms with E-state index in [0.29, 0.717) is 0 Å². The van der Waals surface area contributed by atoms with Gasteiger partial charge in [0, 0.05) is 61.2 Å². The van der Waals surface area contributed by atoms with Crippen LogP contribution in [-0.2, 0) is 23.8 Å². The summed E-state index contributed by atoms with van der Waals surface area (Å²) in [6.07, 6.45) is 3.82. The van der Waals surface area contributed by atoms with E-state index < -0.39 is 82.8 Å². The van der Waals surface area contributed by atoms with Gasteiger partial charge in [0.2, 0.25) is 0 Å². The number of methoxy groups -OCH3 is 1. The minimum Gasteiger partial charge on any atom is -0.507 e. The quantitative estimate of drug-likeness (QED) is 0.217. The zero-order valence-electron chi connectivity index (χ0n) is 33.3. The minimum absolute atomic E-state index is 0.0292. The van der Waals surface area contributed by atoms with Crippen molar-refractivity contribution in [2.45, 2.75) is 105 Å². The molecule has 1 amide bonds. The van der Waals surface area contributed by atoms with Crippen LogP contribution in [0.25, 0.3) is 10.8 Å². The molecule has 9 atom stereocenters. The number of phenols is 2. The van der Waals surface area contributed by atoms with Gasteiger partial charge in [0.05, 0.1) is 53.3 Å². The summed E-state index contributed by atoms with van der Waals surface area (Å²) >= 11 is 0. The Labute approximate surface area is 320 Å². The Hall–Kier alpha value is -4.79. The smallest absolute Gasteiger partial charge is 0.312 e. The number of hydrogen-bond acceptors (Lipinski definition) is 13. The zero-order chi connectivity index (χ0) is 40.9. The summed E-state index contributed by atoms with van der Waals surface area (Å²) in [5.41, 5.74) is -0.00290. The van der Waals surface area contributed by atoms with Gasteiger partial charge in [0.25, 0.3) is 11.7 Å². The lowest BCUT2D eigenvalue weighted by Crippen LogP contribution is -2.46. The number of rotatable bonds is 2. The Balaban J connectivity index is 1.76. The molecule has 2 aromatic rings. The second-order valence-corrected chi connectivity index (χ2v) is 15.8. The summed E-state index contributed by atoms with van der Waals surface area (Å²) in [6, 6.07) is 0. The highest BCUT2D eigenvalue weighted by Gasteiger charge is 2.50. The molecule has 4 bridgehead atoms. The van der Waals surface area contributed by atoms with Gasteiger partial charge >= 0.3 is 11.8 Å². The molecule has 0 aliphatic carbocycles. The number of anilines is 1. The number of Topliss-reactive ketones (excluding diaryl/α,β-unsaturated/α-hetero) is 1. The topological polar surface area (TPSA) is 206 Å². The second kappa shape index (κ2) is 15.4. The number of fused-ring (bicyclic) bond motifs is 1. The van der Waals surface area contributed by atoms with Gasteiger partial charge in [0.15, 0.2) is 5.75 Å². The van der Waals surface area contributed by atoms with Crippen LogP contribution >= 0.6 is 0 Å². The predicted octanol–water partition coefficient (Wildman–Crippen LogP) is 4.08. The first-order valence-electron chi connectivity index (χ1n) is 18.4. The molecule has 0 saturated heterocycles. The van der Waals surface area contributed by atoms with E-state index in [1.54, 1.807) is 46.8 Å². The Kier molecular flexibility index (Phi) is 11.6. The first kappa shape index (κ1) is 41.4. The fourth-order valence-electron chi connectivity index (χ4n) is 7.60. The van der Waals surface area contributed by atoms with E-state index in [1.807, 2.05) is 13.8 Å². The zero-order valence-corrected chi connectivity index (χ0v) is 33.3. The summed E-state index contributed by atoms with van der Waals surface area (Å²) in [5.74, 6) is -7.11. The molecule has 2 aromatic carbocycles. The van der Waals surface area contributed by atoms with Gasteiger partial charge < -0.3 is 44.7 Å². The molecule has 0 radical (unpaired) electrons. The number of ether oxygens (including phenoxy) is 4. The van der Waals surface area contributed by atoms with Crippen molar-refractivity contribution in [3.05, 3.63) is 58.0 Å². The van der Waals surface area contributed by atoms with Gasteiger partial charge in [0.1, 0.15) is 28.3 Å². The Morgan fingerprint density at radius 2 is 1.62 bits per heavy atom. The fourth-order valence-corrected chi connectivity index (χ4v) is 7.60. The number of aliphatic hydroxyl groups excluding tert-OH is 2. The average molecular weight is 764 g/mol. The first-order chi connectivity index (χ1) is 25.7. The first-order valence-corrected chi connectivity index (χ1v) is 18.4. The van der Waals surface area contributed by atoms with Gasteiger partial charge in [-0.1, -0.05) is 45.9 Å². The number of carbonyl (C=O) groups is 3. The minimum atomic E-state index is -1.95. The number of phenolic OH excluding ortho intramolecular Hbond substituents is 2. The molecular formula is C41H53N3O11. The number of nitrogens with zero attached hydrogens (tertiary/aromatic N) is 2. The Morgan fingerprint density at radius 1 is 0.945 bits per heavy atom. The predicted molar refractivity (Wildman–Crippen MR) is 203 cm³/mol. The lowest BCUT2D eigenvalue weighted by molar-refractivity contribution is -0.160. The van der Waals surface area contributed by atoms with Crippen LogP contribution in [-0.4, -0.2) is 87.5 Å². The van der Waals surface area contributed by atoms with Crippen molar-refractivity contribution in [1.29, 1.82) is 0 Å². The number of ketones is 1. The molecule has 298 valence electrons. The van der Waals surface area contributed by atoms with Crippen LogP contribution in [0.3, 0.4) is 0 Å². The largest absolute Gasteiger partial charge is 0.507 e. The van der Waals surface area contributed by atoms with E-state index in [4.69, 9.17) is 23.9 Å². The average Bonchev–Trinajstić information content (AvgIpc) is 3.39. The number of amides is 1. The van der Waals surface area contributed by atoms with Crippen LogP contribution < -0.4 is 20.8 Å².